The van der Waals surface area contributed by atoms with Crippen LogP contribution in [0.1, 0.15) is 5.69 Å². The van der Waals surface area contributed by atoms with Gasteiger partial charge in [-0.1, -0.05) is 18.2 Å². The average molecular weight is 319 g/mol. The van der Waals surface area contributed by atoms with Crippen molar-refractivity contribution in [1.29, 1.82) is 0 Å². The number of rotatable bonds is 2. The summed E-state index contributed by atoms with van der Waals surface area (Å²) >= 11 is 0. The van der Waals surface area contributed by atoms with E-state index in [4.69, 9.17) is 10.2 Å². The number of nitrogens with zero attached hydrogens (tertiary/aromatic N) is 2. The van der Waals surface area contributed by atoms with Crippen molar-refractivity contribution in [2.45, 2.75) is 6.92 Å². The Labute approximate surface area is 137 Å². The number of furan rings is 1. The molecule has 4 rings (SSSR count). The first-order valence-corrected chi connectivity index (χ1v) is 7.45. The van der Waals surface area contributed by atoms with Crippen molar-refractivity contribution in [3.63, 3.8) is 0 Å². The van der Waals surface area contributed by atoms with Crippen LogP contribution in [0.4, 0.5) is 5.82 Å². The van der Waals surface area contributed by atoms with E-state index < -0.39 is 7.12 Å². The SMILES string of the molecule is Cc1nnc(N)c2ccc(-c3cc(B(O)O)cc4ccoc34)cc12. The molecule has 4 aromatic rings. The van der Waals surface area contributed by atoms with Gasteiger partial charge in [0.25, 0.3) is 0 Å². The molecule has 7 heteroatoms. The predicted molar refractivity (Wildman–Crippen MR) is 93.7 cm³/mol. The highest BCUT2D eigenvalue weighted by Crippen LogP contribution is 2.32. The highest BCUT2D eigenvalue weighted by atomic mass is 16.4. The monoisotopic (exact) mass is 319 g/mol. The average Bonchev–Trinajstić information content (AvgIpc) is 3.05. The molecule has 24 heavy (non-hydrogen) atoms. The van der Waals surface area contributed by atoms with Gasteiger partial charge in [-0.15, -0.1) is 5.10 Å². The zero-order chi connectivity index (χ0) is 16.8. The lowest BCUT2D eigenvalue weighted by atomic mass is 9.78. The summed E-state index contributed by atoms with van der Waals surface area (Å²) in [5.74, 6) is 0.379. The molecule has 0 unspecified atom stereocenters. The number of anilines is 1. The smallest absolute Gasteiger partial charge is 0.464 e. The lowest BCUT2D eigenvalue weighted by molar-refractivity contribution is 0.426. The molecular formula is C17H14BN3O3. The van der Waals surface area contributed by atoms with Crippen molar-refractivity contribution in [3.05, 3.63) is 48.4 Å². The first-order chi connectivity index (χ1) is 11.5. The Bertz CT molecular complexity index is 1080. The molecule has 0 atom stereocenters. The fourth-order valence-corrected chi connectivity index (χ4v) is 2.94. The predicted octanol–water partition coefficient (Wildman–Crippen LogP) is 1.61. The number of benzene rings is 2. The highest BCUT2D eigenvalue weighted by molar-refractivity contribution is 6.59. The lowest BCUT2D eigenvalue weighted by Gasteiger charge is -2.09. The van der Waals surface area contributed by atoms with Crippen molar-refractivity contribution in [2.24, 2.45) is 0 Å². The van der Waals surface area contributed by atoms with E-state index in [1.807, 2.05) is 25.1 Å². The fraction of sp³-hybridized carbons (Fsp3) is 0.0588. The van der Waals surface area contributed by atoms with Crippen LogP contribution in [0.2, 0.25) is 0 Å². The van der Waals surface area contributed by atoms with Crippen molar-refractivity contribution in [1.82, 2.24) is 10.2 Å². The van der Waals surface area contributed by atoms with Crippen LogP contribution >= 0.6 is 0 Å². The van der Waals surface area contributed by atoms with Crippen LogP contribution in [0.25, 0.3) is 32.9 Å². The van der Waals surface area contributed by atoms with Crippen LogP contribution in [0.3, 0.4) is 0 Å². The molecule has 118 valence electrons. The molecule has 0 aliphatic carbocycles. The first kappa shape index (κ1) is 14.7. The van der Waals surface area contributed by atoms with E-state index in [2.05, 4.69) is 10.2 Å². The van der Waals surface area contributed by atoms with Crippen LogP contribution < -0.4 is 11.2 Å². The quantitative estimate of drug-likeness (QED) is 0.485. The van der Waals surface area contributed by atoms with Crippen molar-refractivity contribution in [3.8, 4) is 11.1 Å². The van der Waals surface area contributed by atoms with Crippen LogP contribution in [0, 0.1) is 6.92 Å². The number of hydrogen-bond acceptors (Lipinski definition) is 6. The third-order valence-corrected chi connectivity index (χ3v) is 4.18. The normalized spacial score (nSPS) is 11.3. The van der Waals surface area contributed by atoms with Gasteiger partial charge in [0.1, 0.15) is 5.58 Å². The summed E-state index contributed by atoms with van der Waals surface area (Å²) in [5, 5.41) is 29.6. The van der Waals surface area contributed by atoms with Gasteiger partial charge in [0.2, 0.25) is 0 Å². The highest BCUT2D eigenvalue weighted by Gasteiger charge is 2.17. The number of fused-ring (bicyclic) bond motifs is 2. The van der Waals surface area contributed by atoms with E-state index in [9.17, 15) is 10.0 Å². The summed E-state index contributed by atoms with van der Waals surface area (Å²) < 4.78 is 5.59. The summed E-state index contributed by atoms with van der Waals surface area (Å²) in [4.78, 5) is 0. The number of nitrogen functional groups attached to an aromatic ring is 1. The van der Waals surface area contributed by atoms with Gasteiger partial charge >= 0.3 is 7.12 Å². The van der Waals surface area contributed by atoms with Gasteiger partial charge in [0, 0.05) is 21.7 Å². The third-order valence-electron chi connectivity index (χ3n) is 4.18. The van der Waals surface area contributed by atoms with Crippen LogP contribution in [-0.4, -0.2) is 27.4 Å². The summed E-state index contributed by atoms with van der Waals surface area (Å²) in [5.41, 5.74) is 9.41. The molecule has 6 nitrogen and oxygen atoms in total. The molecule has 0 aliphatic heterocycles. The van der Waals surface area contributed by atoms with E-state index in [0.29, 0.717) is 16.9 Å². The second-order valence-corrected chi connectivity index (χ2v) is 5.71. The van der Waals surface area contributed by atoms with E-state index in [-0.39, 0.29) is 0 Å². The molecule has 4 N–H and O–H groups in total. The Morgan fingerprint density at radius 1 is 1.04 bits per heavy atom. The van der Waals surface area contributed by atoms with Crippen molar-refractivity contribution >= 4 is 40.1 Å². The summed E-state index contributed by atoms with van der Waals surface area (Å²) in [6.45, 7) is 1.87. The molecule has 0 radical (unpaired) electrons. The minimum absolute atomic E-state index is 0.379. The third kappa shape index (κ3) is 2.22. The van der Waals surface area contributed by atoms with Gasteiger partial charge in [-0.05, 0) is 36.1 Å². The number of hydrogen-bond donors (Lipinski definition) is 3. The molecule has 0 amide bonds. The second kappa shape index (κ2) is 5.33. The van der Waals surface area contributed by atoms with Crippen molar-refractivity contribution in [2.75, 3.05) is 5.73 Å². The molecule has 2 heterocycles. The van der Waals surface area contributed by atoms with Gasteiger partial charge in [0.05, 0.1) is 12.0 Å². The molecular weight excluding hydrogens is 305 g/mol. The Morgan fingerprint density at radius 3 is 2.67 bits per heavy atom. The molecule has 2 aromatic heterocycles. The maximum atomic E-state index is 9.53. The standard InChI is InChI=1S/C17H14BN3O3/c1-9-14-7-10(2-3-13(14)17(19)21-20-9)15-8-12(18(22)23)6-11-4-5-24-16(11)15/h2-8,22-23H,1H3,(H2,19,21). The van der Waals surface area contributed by atoms with Crippen LogP contribution in [0.5, 0.6) is 0 Å². The maximum Gasteiger partial charge on any atom is 0.488 e. The molecule has 2 aromatic carbocycles. The van der Waals surface area contributed by atoms with Crippen LogP contribution in [-0.2, 0) is 0 Å². The Balaban J connectivity index is 2.02. The fourth-order valence-electron chi connectivity index (χ4n) is 2.94. The van der Waals surface area contributed by atoms with Gasteiger partial charge in [0.15, 0.2) is 5.82 Å². The number of aryl methyl sites for hydroxylation is 1. The lowest BCUT2D eigenvalue weighted by Crippen LogP contribution is -2.29. The van der Waals surface area contributed by atoms with E-state index in [1.165, 1.54) is 0 Å². The molecule has 0 saturated heterocycles. The Hall–Kier alpha value is -2.90. The maximum absolute atomic E-state index is 9.53. The van der Waals surface area contributed by atoms with E-state index in [1.54, 1.807) is 24.5 Å². The van der Waals surface area contributed by atoms with Gasteiger partial charge in [-0.2, -0.15) is 5.10 Å². The van der Waals surface area contributed by atoms with Gasteiger partial charge in [-0.3, -0.25) is 0 Å². The van der Waals surface area contributed by atoms with Gasteiger partial charge in [-0.25, -0.2) is 0 Å². The molecule has 0 saturated carbocycles. The molecule has 0 fully saturated rings. The number of nitrogens with two attached hydrogens (primary N) is 1. The molecule has 0 spiro atoms. The second-order valence-electron chi connectivity index (χ2n) is 5.71. The summed E-state index contributed by atoms with van der Waals surface area (Å²) in [6.07, 6.45) is 1.58. The van der Waals surface area contributed by atoms with Crippen molar-refractivity contribution < 1.29 is 14.5 Å². The minimum atomic E-state index is -1.55. The van der Waals surface area contributed by atoms with Gasteiger partial charge < -0.3 is 20.2 Å². The van der Waals surface area contributed by atoms with Crippen LogP contribution in [0.15, 0.2) is 47.1 Å². The topological polar surface area (TPSA) is 105 Å². The zero-order valence-electron chi connectivity index (χ0n) is 12.9. The largest absolute Gasteiger partial charge is 0.488 e. The molecule has 0 bridgehead atoms. The number of aromatic nitrogens is 2. The Kier molecular flexibility index (Phi) is 3.26. The summed E-state index contributed by atoms with van der Waals surface area (Å²) in [7, 11) is -1.55. The van der Waals surface area contributed by atoms with E-state index >= 15 is 0 Å². The summed E-state index contributed by atoms with van der Waals surface area (Å²) in [6, 6.07) is 11.0. The Morgan fingerprint density at radius 2 is 1.88 bits per heavy atom. The van der Waals surface area contributed by atoms with E-state index in [0.717, 1.165) is 33.0 Å². The molecule has 0 aliphatic rings. The zero-order valence-corrected chi connectivity index (χ0v) is 12.9. The first-order valence-electron chi connectivity index (χ1n) is 7.45. The minimum Gasteiger partial charge on any atom is -0.464 e.